The predicted molar refractivity (Wildman–Crippen MR) is 72.7 cm³/mol. The fraction of sp³-hybridized carbons (Fsp3) is 0.0769. The van der Waals surface area contributed by atoms with Crippen molar-refractivity contribution in [2.75, 3.05) is 10.5 Å². The average Bonchev–Trinajstić information content (AvgIpc) is 2.38. The minimum atomic E-state index is -4.38. The number of hydrogen-bond donors (Lipinski definition) is 2. The van der Waals surface area contributed by atoms with Crippen molar-refractivity contribution < 1.29 is 21.6 Å². The van der Waals surface area contributed by atoms with Gasteiger partial charge in [0.15, 0.2) is 0 Å². The molecule has 0 atom stereocenters. The smallest absolute Gasteiger partial charge is 0.262 e. The average molecular weight is 316 g/mol. The first-order valence-electron chi connectivity index (χ1n) is 5.75. The van der Waals surface area contributed by atoms with E-state index < -0.39 is 38.1 Å². The van der Waals surface area contributed by atoms with Gasteiger partial charge in [0.2, 0.25) is 0 Å². The lowest BCUT2D eigenvalue weighted by Crippen LogP contribution is -2.17. The Labute approximate surface area is 119 Å². The standard InChI is InChI=1S/C13H11F3N2O2S/c1-7-11(16)5-8(17)6-12(7)21(19,20)18-13-9(14)3-2-4-10(13)15/h2-6,18H,17H2,1H3. The third-order valence-electron chi connectivity index (χ3n) is 2.81. The van der Waals surface area contributed by atoms with Gasteiger partial charge in [-0.3, -0.25) is 4.72 Å². The van der Waals surface area contributed by atoms with Crippen LogP contribution in [0.3, 0.4) is 0 Å². The SMILES string of the molecule is Cc1c(F)cc(N)cc1S(=O)(=O)Nc1c(F)cccc1F. The van der Waals surface area contributed by atoms with Crippen LogP contribution in [0.2, 0.25) is 0 Å². The second kappa shape index (κ2) is 5.28. The normalized spacial score (nSPS) is 11.4. The summed E-state index contributed by atoms with van der Waals surface area (Å²) >= 11 is 0. The van der Waals surface area contributed by atoms with Gasteiger partial charge in [-0.2, -0.15) is 0 Å². The summed E-state index contributed by atoms with van der Waals surface area (Å²) in [5.41, 5.74) is 4.25. The number of nitrogens with one attached hydrogen (secondary N) is 1. The highest BCUT2D eigenvalue weighted by molar-refractivity contribution is 7.92. The zero-order valence-electron chi connectivity index (χ0n) is 10.8. The minimum absolute atomic E-state index is 0.118. The minimum Gasteiger partial charge on any atom is -0.399 e. The number of nitrogen functional groups attached to an aromatic ring is 1. The fourth-order valence-corrected chi connectivity index (χ4v) is 3.10. The second-order valence-electron chi connectivity index (χ2n) is 4.33. The lowest BCUT2D eigenvalue weighted by atomic mass is 10.2. The Morgan fingerprint density at radius 1 is 1.05 bits per heavy atom. The molecular formula is C13H11F3N2O2S. The molecule has 21 heavy (non-hydrogen) atoms. The molecule has 0 spiro atoms. The van der Waals surface area contributed by atoms with Crippen molar-refractivity contribution in [2.24, 2.45) is 0 Å². The molecule has 0 saturated carbocycles. The summed E-state index contributed by atoms with van der Waals surface area (Å²) in [6.45, 7) is 1.22. The third kappa shape index (κ3) is 2.94. The number of benzene rings is 2. The van der Waals surface area contributed by atoms with E-state index in [4.69, 9.17) is 5.73 Å². The zero-order chi connectivity index (χ0) is 15.8. The van der Waals surface area contributed by atoms with Gasteiger partial charge in [0.1, 0.15) is 23.1 Å². The number of para-hydroxylation sites is 1. The van der Waals surface area contributed by atoms with Crippen LogP contribution in [-0.4, -0.2) is 8.42 Å². The first-order chi connectivity index (χ1) is 9.72. The van der Waals surface area contributed by atoms with E-state index in [0.717, 1.165) is 30.3 Å². The number of sulfonamides is 1. The summed E-state index contributed by atoms with van der Waals surface area (Å²) < 4.78 is 66.6. The second-order valence-corrected chi connectivity index (χ2v) is 5.98. The Morgan fingerprint density at radius 2 is 1.62 bits per heavy atom. The predicted octanol–water partition coefficient (Wildman–Crippen LogP) is 2.80. The molecule has 3 N–H and O–H groups in total. The van der Waals surface area contributed by atoms with Gasteiger partial charge in [0.05, 0.1) is 4.90 Å². The Kier molecular flexibility index (Phi) is 3.82. The number of nitrogens with two attached hydrogens (primary N) is 1. The van der Waals surface area contributed by atoms with E-state index in [-0.39, 0.29) is 11.3 Å². The molecule has 0 aliphatic rings. The zero-order valence-corrected chi connectivity index (χ0v) is 11.6. The van der Waals surface area contributed by atoms with Crippen LogP contribution >= 0.6 is 0 Å². The highest BCUT2D eigenvalue weighted by Gasteiger charge is 2.23. The van der Waals surface area contributed by atoms with E-state index in [9.17, 15) is 21.6 Å². The molecule has 0 fully saturated rings. The summed E-state index contributed by atoms with van der Waals surface area (Å²) in [5.74, 6) is -2.99. The molecule has 0 amide bonds. The largest absolute Gasteiger partial charge is 0.399 e. The van der Waals surface area contributed by atoms with Gasteiger partial charge < -0.3 is 5.73 Å². The summed E-state index contributed by atoms with van der Waals surface area (Å²) in [6.07, 6.45) is 0. The van der Waals surface area contributed by atoms with Gasteiger partial charge in [-0.1, -0.05) is 6.07 Å². The lowest BCUT2D eigenvalue weighted by molar-refractivity contribution is 0.580. The molecule has 2 aromatic carbocycles. The molecule has 8 heteroatoms. The van der Waals surface area contributed by atoms with Crippen LogP contribution in [0.1, 0.15) is 5.56 Å². The van der Waals surface area contributed by atoms with Gasteiger partial charge in [-0.25, -0.2) is 21.6 Å². The topological polar surface area (TPSA) is 72.2 Å². The highest BCUT2D eigenvalue weighted by Crippen LogP contribution is 2.26. The van der Waals surface area contributed by atoms with E-state index in [2.05, 4.69) is 0 Å². The molecule has 2 aromatic rings. The Balaban J connectivity index is 2.54. The van der Waals surface area contributed by atoms with Crippen molar-refractivity contribution in [3.8, 4) is 0 Å². The first kappa shape index (κ1) is 15.2. The number of halogens is 3. The molecular weight excluding hydrogens is 305 g/mol. The van der Waals surface area contributed by atoms with E-state index in [1.54, 1.807) is 4.72 Å². The van der Waals surface area contributed by atoms with Crippen LogP contribution in [-0.2, 0) is 10.0 Å². The Bertz CT molecular complexity index is 787. The maximum atomic E-state index is 13.5. The van der Waals surface area contributed by atoms with Crippen molar-refractivity contribution in [2.45, 2.75) is 11.8 Å². The first-order valence-corrected chi connectivity index (χ1v) is 7.23. The molecule has 0 saturated heterocycles. The number of anilines is 2. The maximum absolute atomic E-state index is 13.5. The molecule has 0 aliphatic carbocycles. The molecule has 0 bridgehead atoms. The highest BCUT2D eigenvalue weighted by atomic mass is 32.2. The lowest BCUT2D eigenvalue weighted by Gasteiger charge is -2.12. The van der Waals surface area contributed by atoms with Crippen LogP contribution in [0.4, 0.5) is 24.5 Å². The van der Waals surface area contributed by atoms with E-state index in [1.165, 1.54) is 6.92 Å². The number of hydrogen-bond acceptors (Lipinski definition) is 3. The van der Waals surface area contributed by atoms with Gasteiger partial charge in [0.25, 0.3) is 10.0 Å². The summed E-state index contributed by atoms with van der Waals surface area (Å²) in [5, 5.41) is 0. The monoisotopic (exact) mass is 316 g/mol. The Morgan fingerprint density at radius 3 is 2.19 bits per heavy atom. The number of rotatable bonds is 3. The molecule has 112 valence electrons. The van der Waals surface area contributed by atoms with Crippen molar-refractivity contribution in [3.05, 3.63) is 53.3 Å². The molecule has 0 heterocycles. The maximum Gasteiger partial charge on any atom is 0.262 e. The third-order valence-corrected chi connectivity index (χ3v) is 4.28. The van der Waals surface area contributed by atoms with E-state index in [1.807, 2.05) is 0 Å². The van der Waals surface area contributed by atoms with Crippen molar-refractivity contribution in [1.82, 2.24) is 0 Å². The van der Waals surface area contributed by atoms with Crippen LogP contribution in [0.15, 0.2) is 35.2 Å². The van der Waals surface area contributed by atoms with Crippen LogP contribution < -0.4 is 10.5 Å². The van der Waals surface area contributed by atoms with Gasteiger partial charge >= 0.3 is 0 Å². The van der Waals surface area contributed by atoms with Crippen molar-refractivity contribution in [1.29, 1.82) is 0 Å². The summed E-state index contributed by atoms with van der Waals surface area (Å²) in [6, 6.07) is 4.85. The van der Waals surface area contributed by atoms with Gasteiger partial charge in [-0.15, -0.1) is 0 Å². The van der Waals surface area contributed by atoms with Crippen LogP contribution in [0.5, 0.6) is 0 Å². The van der Waals surface area contributed by atoms with E-state index >= 15 is 0 Å². The van der Waals surface area contributed by atoms with Gasteiger partial charge in [-0.05, 0) is 31.2 Å². The fourth-order valence-electron chi connectivity index (χ4n) is 1.74. The molecule has 0 aromatic heterocycles. The summed E-state index contributed by atoms with van der Waals surface area (Å²) in [7, 11) is -4.38. The molecule has 0 aliphatic heterocycles. The molecule has 2 rings (SSSR count). The molecule has 0 unspecified atom stereocenters. The quantitative estimate of drug-likeness (QED) is 0.855. The molecule has 4 nitrogen and oxygen atoms in total. The van der Waals surface area contributed by atoms with Crippen molar-refractivity contribution in [3.63, 3.8) is 0 Å². The van der Waals surface area contributed by atoms with Crippen LogP contribution in [0.25, 0.3) is 0 Å². The van der Waals surface area contributed by atoms with Crippen LogP contribution in [0, 0.1) is 24.4 Å². The van der Waals surface area contributed by atoms with Gasteiger partial charge in [0, 0.05) is 11.3 Å². The Hall–Kier alpha value is -2.22. The molecule has 0 radical (unpaired) electrons. The van der Waals surface area contributed by atoms with E-state index in [0.29, 0.717) is 0 Å². The van der Waals surface area contributed by atoms with Crippen molar-refractivity contribution >= 4 is 21.4 Å². The summed E-state index contributed by atoms with van der Waals surface area (Å²) in [4.78, 5) is -0.484.